The average molecular weight is 313 g/mol. The first-order valence-corrected chi connectivity index (χ1v) is 6.62. The van der Waals surface area contributed by atoms with Crippen molar-refractivity contribution >= 4 is 11.8 Å². The molecule has 120 valence electrons. The van der Waals surface area contributed by atoms with Gasteiger partial charge in [-0.05, 0) is 20.9 Å². The molecule has 1 atom stereocenters. The lowest BCUT2D eigenvalue weighted by molar-refractivity contribution is -0.120. The molecule has 0 radical (unpaired) electrons. The first-order chi connectivity index (χ1) is 10.4. The number of nitrogens with one attached hydrogen (secondary N) is 1. The Labute approximate surface area is 125 Å². The van der Waals surface area contributed by atoms with Gasteiger partial charge >= 0.3 is 6.55 Å². The molecule has 0 saturated heterocycles. The molecule has 0 saturated carbocycles. The second kappa shape index (κ2) is 6.65. The van der Waals surface area contributed by atoms with E-state index < -0.39 is 12.6 Å². The minimum absolute atomic E-state index is 0.112. The van der Waals surface area contributed by atoms with E-state index in [0.717, 1.165) is 4.57 Å². The van der Waals surface area contributed by atoms with Gasteiger partial charge in [-0.2, -0.15) is 8.78 Å². The zero-order chi connectivity index (χ0) is 16.3. The average Bonchev–Trinajstić information content (AvgIpc) is 3.07. The van der Waals surface area contributed by atoms with Crippen LogP contribution in [0.5, 0.6) is 0 Å². The zero-order valence-electron chi connectivity index (χ0n) is 12.5. The Morgan fingerprint density at radius 3 is 2.86 bits per heavy atom. The standard InChI is InChI=1S/C13H17F2N5O2/c1-8-6-11(22-18-8)17-12(21)9(2)19(3)7-10-16-4-5-20(10)13(14)15/h4-6,9,13H,7H2,1-3H3,(H,17,21)/t9-/m0/s1. The molecule has 0 unspecified atom stereocenters. The van der Waals surface area contributed by atoms with E-state index in [0.29, 0.717) is 5.69 Å². The highest BCUT2D eigenvalue weighted by molar-refractivity contribution is 5.93. The lowest BCUT2D eigenvalue weighted by Crippen LogP contribution is -2.39. The van der Waals surface area contributed by atoms with Crippen molar-refractivity contribution in [2.45, 2.75) is 33.0 Å². The van der Waals surface area contributed by atoms with Crippen LogP contribution in [0.15, 0.2) is 23.0 Å². The normalized spacial score (nSPS) is 12.9. The summed E-state index contributed by atoms with van der Waals surface area (Å²) in [5.41, 5.74) is 0.648. The molecular formula is C13H17F2N5O2. The third kappa shape index (κ3) is 3.67. The fourth-order valence-electron chi connectivity index (χ4n) is 1.85. The van der Waals surface area contributed by atoms with Crippen LogP contribution in [0, 0.1) is 6.92 Å². The van der Waals surface area contributed by atoms with Crippen LogP contribution in [0.25, 0.3) is 0 Å². The third-order valence-electron chi connectivity index (χ3n) is 3.26. The van der Waals surface area contributed by atoms with Gasteiger partial charge in [0, 0.05) is 18.5 Å². The molecule has 9 heteroatoms. The fraction of sp³-hybridized carbons (Fsp3) is 0.462. The summed E-state index contributed by atoms with van der Waals surface area (Å²) in [7, 11) is 1.65. The number of hydrogen-bond donors (Lipinski definition) is 1. The van der Waals surface area contributed by atoms with E-state index in [9.17, 15) is 13.6 Å². The summed E-state index contributed by atoms with van der Waals surface area (Å²) >= 11 is 0. The molecular weight excluding hydrogens is 296 g/mol. The molecule has 0 spiro atoms. The van der Waals surface area contributed by atoms with E-state index in [4.69, 9.17) is 4.52 Å². The van der Waals surface area contributed by atoms with Gasteiger partial charge in [0.2, 0.25) is 11.8 Å². The second-order valence-corrected chi connectivity index (χ2v) is 4.94. The van der Waals surface area contributed by atoms with Crippen molar-refractivity contribution in [3.63, 3.8) is 0 Å². The minimum Gasteiger partial charge on any atom is -0.338 e. The van der Waals surface area contributed by atoms with E-state index in [-0.39, 0.29) is 24.2 Å². The second-order valence-electron chi connectivity index (χ2n) is 4.94. The molecule has 0 aliphatic carbocycles. The lowest BCUT2D eigenvalue weighted by atomic mass is 10.2. The van der Waals surface area contributed by atoms with Crippen molar-refractivity contribution in [3.8, 4) is 0 Å². The first kappa shape index (κ1) is 16.1. The molecule has 2 aromatic heterocycles. The minimum atomic E-state index is -2.66. The number of rotatable bonds is 6. The van der Waals surface area contributed by atoms with Gasteiger partial charge in [0.1, 0.15) is 5.82 Å². The molecule has 2 aromatic rings. The van der Waals surface area contributed by atoms with Gasteiger partial charge in [-0.1, -0.05) is 5.16 Å². The van der Waals surface area contributed by atoms with Gasteiger partial charge in [0.05, 0.1) is 18.3 Å². The Morgan fingerprint density at radius 1 is 1.55 bits per heavy atom. The van der Waals surface area contributed by atoms with E-state index >= 15 is 0 Å². The molecule has 0 aliphatic heterocycles. The molecule has 1 N–H and O–H groups in total. The Bertz CT molecular complexity index is 640. The number of alkyl halides is 2. The van der Waals surface area contributed by atoms with E-state index in [1.165, 1.54) is 12.4 Å². The maximum absolute atomic E-state index is 12.8. The summed E-state index contributed by atoms with van der Waals surface area (Å²) in [6.07, 6.45) is 2.51. The predicted molar refractivity (Wildman–Crippen MR) is 74.3 cm³/mol. The molecule has 0 aliphatic rings. The first-order valence-electron chi connectivity index (χ1n) is 6.62. The number of carbonyl (C=O) groups is 1. The van der Waals surface area contributed by atoms with Crippen molar-refractivity contribution < 1.29 is 18.1 Å². The Balaban J connectivity index is 1.97. The van der Waals surface area contributed by atoms with Gasteiger partial charge < -0.3 is 4.52 Å². The molecule has 7 nitrogen and oxygen atoms in total. The molecule has 0 aromatic carbocycles. The fourth-order valence-corrected chi connectivity index (χ4v) is 1.85. The number of aryl methyl sites for hydroxylation is 1. The SMILES string of the molecule is Cc1cc(NC(=O)[C@H](C)N(C)Cc2nccn2C(F)F)on1. The number of anilines is 1. The quantitative estimate of drug-likeness (QED) is 0.883. The highest BCUT2D eigenvalue weighted by Gasteiger charge is 2.22. The summed E-state index contributed by atoms with van der Waals surface area (Å²) in [6, 6.07) is 1.03. The Kier molecular flexibility index (Phi) is 4.86. The van der Waals surface area contributed by atoms with Gasteiger partial charge in [0.25, 0.3) is 0 Å². The smallest absolute Gasteiger partial charge is 0.319 e. The monoisotopic (exact) mass is 313 g/mol. The zero-order valence-corrected chi connectivity index (χ0v) is 12.5. The molecule has 0 fully saturated rings. The molecule has 22 heavy (non-hydrogen) atoms. The van der Waals surface area contributed by atoms with Crippen LogP contribution in [-0.4, -0.2) is 38.6 Å². The van der Waals surface area contributed by atoms with Gasteiger partial charge in [-0.15, -0.1) is 0 Å². The van der Waals surface area contributed by atoms with Crippen LogP contribution in [0.4, 0.5) is 14.7 Å². The summed E-state index contributed by atoms with van der Waals surface area (Å²) in [5, 5.41) is 6.24. The highest BCUT2D eigenvalue weighted by Crippen LogP contribution is 2.15. The van der Waals surface area contributed by atoms with Crippen LogP contribution in [0.3, 0.4) is 0 Å². The number of halogens is 2. The van der Waals surface area contributed by atoms with Crippen molar-refractivity contribution in [1.82, 2.24) is 19.6 Å². The van der Waals surface area contributed by atoms with Crippen molar-refractivity contribution in [1.29, 1.82) is 0 Å². The van der Waals surface area contributed by atoms with Gasteiger partial charge in [0.15, 0.2) is 0 Å². The number of amides is 1. The van der Waals surface area contributed by atoms with Crippen LogP contribution < -0.4 is 5.32 Å². The number of imidazole rings is 1. The number of hydrogen-bond acceptors (Lipinski definition) is 5. The van der Waals surface area contributed by atoms with Crippen molar-refractivity contribution in [3.05, 3.63) is 30.0 Å². The van der Waals surface area contributed by atoms with E-state index in [1.807, 2.05) is 0 Å². The van der Waals surface area contributed by atoms with Crippen molar-refractivity contribution in [2.24, 2.45) is 0 Å². The van der Waals surface area contributed by atoms with E-state index in [1.54, 1.807) is 31.9 Å². The summed E-state index contributed by atoms with van der Waals surface area (Å²) in [6.45, 7) is 0.848. The number of aromatic nitrogens is 3. The Hall–Kier alpha value is -2.29. The molecule has 0 bridgehead atoms. The maximum atomic E-state index is 12.8. The maximum Gasteiger partial charge on any atom is 0.319 e. The highest BCUT2D eigenvalue weighted by atomic mass is 19.3. The van der Waals surface area contributed by atoms with Gasteiger partial charge in [-0.3, -0.25) is 19.6 Å². The molecule has 2 heterocycles. The Morgan fingerprint density at radius 2 is 2.27 bits per heavy atom. The number of nitrogens with zero attached hydrogens (tertiary/aromatic N) is 4. The number of likely N-dealkylation sites (N-methyl/N-ethyl adjacent to an activating group) is 1. The lowest BCUT2D eigenvalue weighted by Gasteiger charge is -2.23. The van der Waals surface area contributed by atoms with Crippen molar-refractivity contribution in [2.75, 3.05) is 12.4 Å². The van der Waals surface area contributed by atoms with Crippen LogP contribution >= 0.6 is 0 Å². The number of carbonyl (C=O) groups excluding carboxylic acids is 1. The van der Waals surface area contributed by atoms with Crippen LogP contribution in [0.2, 0.25) is 0 Å². The van der Waals surface area contributed by atoms with Gasteiger partial charge in [-0.25, -0.2) is 4.98 Å². The topological polar surface area (TPSA) is 76.2 Å². The van der Waals surface area contributed by atoms with Crippen LogP contribution in [0.1, 0.15) is 25.0 Å². The molecule has 1 amide bonds. The molecule has 2 rings (SSSR count). The van der Waals surface area contributed by atoms with E-state index in [2.05, 4.69) is 15.5 Å². The predicted octanol–water partition coefficient (Wildman–Crippen LogP) is 2.03. The summed E-state index contributed by atoms with van der Waals surface area (Å²) in [5.74, 6) is 0.110. The largest absolute Gasteiger partial charge is 0.338 e. The summed E-state index contributed by atoms with van der Waals surface area (Å²) in [4.78, 5) is 17.6. The summed E-state index contributed by atoms with van der Waals surface area (Å²) < 4.78 is 31.2. The third-order valence-corrected chi connectivity index (χ3v) is 3.26. The van der Waals surface area contributed by atoms with Crippen LogP contribution in [-0.2, 0) is 11.3 Å².